The first-order valence-electron chi connectivity index (χ1n) is 12.5. The summed E-state index contributed by atoms with van der Waals surface area (Å²) in [5, 5.41) is 5.15. The topological polar surface area (TPSA) is 53.4 Å². The normalized spacial score (nSPS) is 14.3. The number of amides is 1. The molecule has 4 aromatic rings. The molecule has 0 aliphatic carbocycles. The number of thioether (sulfide) groups is 1. The Morgan fingerprint density at radius 2 is 1.67 bits per heavy atom. The van der Waals surface area contributed by atoms with E-state index in [0.717, 1.165) is 53.4 Å². The maximum atomic E-state index is 12.7. The average Bonchev–Trinajstić information content (AvgIpc) is 3.31. The fourth-order valence-electron chi connectivity index (χ4n) is 4.49. The van der Waals surface area contributed by atoms with Gasteiger partial charge >= 0.3 is 0 Å². The van der Waals surface area contributed by atoms with Crippen molar-refractivity contribution in [3.63, 3.8) is 0 Å². The molecule has 36 heavy (non-hydrogen) atoms. The number of aromatic nitrogens is 2. The van der Waals surface area contributed by atoms with Crippen LogP contribution in [-0.4, -0.2) is 53.6 Å². The largest absolute Gasteiger partial charge is 0.369 e. The number of nitrogens with one attached hydrogen (secondary N) is 1. The first kappa shape index (κ1) is 24.4. The summed E-state index contributed by atoms with van der Waals surface area (Å²) >= 11 is 1.73. The number of likely N-dealkylation sites (N-methyl/N-ethyl adjacent to an activating group) is 1. The molecule has 1 aliphatic heterocycles. The lowest BCUT2D eigenvalue weighted by molar-refractivity contribution is -0.121. The van der Waals surface area contributed by atoms with Crippen molar-refractivity contribution >= 4 is 34.3 Å². The minimum absolute atomic E-state index is 0.00122. The van der Waals surface area contributed by atoms with Crippen LogP contribution in [-0.2, 0) is 23.6 Å². The zero-order valence-corrected chi connectivity index (χ0v) is 21.8. The van der Waals surface area contributed by atoms with Gasteiger partial charge in [-0.05, 0) is 49.4 Å². The van der Waals surface area contributed by atoms with Crippen LogP contribution in [0.4, 0.5) is 5.69 Å². The minimum Gasteiger partial charge on any atom is -0.369 e. The van der Waals surface area contributed by atoms with E-state index in [1.807, 2.05) is 23.0 Å². The van der Waals surface area contributed by atoms with Crippen molar-refractivity contribution in [2.75, 3.05) is 38.1 Å². The van der Waals surface area contributed by atoms with Crippen molar-refractivity contribution in [3.05, 3.63) is 89.7 Å². The lowest BCUT2D eigenvalue weighted by atomic mass is 10.2. The molecule has 3 heterocycles. The molecule has 1 saturated heterocycles. The number of piperazine rings is 1. The van der Waals surface area contributed by atoms with Crippen LogP contribution < -0.4 is 10.2 Å². The molecule has 6 nitrogen and oxygen atoms in total. The standard InChI is InChI=1S/C29H33N5OS/c1-22-3-5-24(6-4-22)21-36-29-26-12-14-34(27(26)11-13-30-29)20-28(35)31-19-23-7-9-25(10-8-23)33-17-15-32(2)16-18-33/h3-14H,15-21H2,1-2H3,(H,31,35). The summed E-state index contributed by atoms with van der Waals surface area (Å²) < 4.78 is 2.00. The van der Waals surface area contributed by atoms with E-state index in [9.17, 15) is 4.79 Å². The molecule has 0 saturated carbocycles. The summed E-state index contributed by atoms with van der Waals surface area (Å²) in [7, 11) is 2.17. The number of anilines is 1. The highest BCUT2D eigenvalue weighted by Crippen LogP contribution is 2.29. The van der Waals surface area contributed by atoms with Crippen molar-refractivity contribution in [1.82, 2.24) is 19.8 Å². The van der Waals surface area contributed by atoms with Crippen LogP contribution in [0.2, 0.25) is 0 Å². The fourth-order valence-corrected chi connectivity index (χ4v) is 5.45. The Hall–Kier alpha value is -3.29. The number of fused-ring (bicyclic) bond motifs is 1. The Bertz CT molecular complexity index is 1310. The van der Waals surface area contributed by atoms with Crippen LogP contribution in [0.1, 0.15) is 16.7 Å². The first-order chi connectivity index (χ1) is 17.5. The van der Waals surface area contributed by atoms with Gasteiger partial charge in [-0.25, -0.2) is 4.98 Å². The Morgan fingerprint density at radius 3 is 2.42 bits per heavy atom. The van der Waals surface area contributed by atoms with E-state index in [0.29, 0.717) is 6.54 Å². The van der Waals surface area contributed by atoms with Gasteiger partial charge in [-0.3, -0.25) is 4.79 Å². The average molecular weight is 500 g/mol. The van der Waals surface area contributed by atoms with Gasteiger partial charge in [0.05, 0.1) is 5.52 Å². The van der Waals surface area contributed by atoms with E-state index < -0.39 is 0 Å². The van der Waals surface area contributed by atoms with Gasteiger partial charge in [-0.1, -0.05) is 42.0 Å². The number of benzene rings is 2. The summed E-state index contributed by atoms with van der Waals surface area (Å²) in [4.78, 5) is 22.1. The van der Waals surface area contributed by atoms with Crippen LogP contribution in [0.15, 0.2) is 78.1 Å². The number of hydrogen-bond donors (Lipinski definition) is 1. The number of carbonyl (C=O) groups is 1. The summed E-state index contributed by atoms with van der Waals surface area (Å²) in [6, 6.07) is 21.2. The molecule has 1 N–H and O–H groups in total. The Morgan fingerprint density at radius 1 is 0.944 bits per heavy atom. The van der Waals surface area contributed by atoms with Crippen LogP contribution in [0.25, 0.3) is 10.9 Å². The van der Waals surface area contributed by atoms with Crippen molar-refractivity contribution in [2.45, 2.75) is 30.8 Å². The zero-order valence-electron chi connectivity index (χ0n) is 21.0. The van der Waals surface area contributed by atoms with Crippen LogP contribution in [0.5, 0.6) is 0 Å². The third-order valence-electron chi connectivity index (χ3n) is 6.77. The van der Waals surface area contributed by atoms with E-state index in [2.05, 4.69) is 88.7 Å². The van der Waals surface area contributed by atoms with E-state index in [1.165, 1.54) is 16.8 Å². The van der Waals surface area contributed by atoms with Gasteiger partial charge in [0.1, 0.15) is 11.6 Å². The molecule has 7 heteroatoms. The predicted octanol–water partition coefficient (Wildman–Crippen LogP) is 4.71. The third-order valence-corrected chi connectivity index (χ3v) is 7.84. The fraction of sp³-hybridized carbons (Fsp3) is 0.310. The second-order valence-electron chi connectivity index (χ2n) is 9.50. The number of nitrogens with zero attached hydrogens (tertiary/aromatic N) is 4. The van der Waals surface area contributed by atoms with E-state index in [-0.39, 0.29) is 12.5 Å². The van der Waals surface area contributed by atoms with Crippen molar-refractivity contribution in [2.24, 2.45) is 0 Å². The van der Waals surface area contributed by atoms with Gasteiger partial charge in [0.2, 0.25) is 5.91 Å². The van der Waals surface area contributed by atoms with Crippen molar-refractivity contribution in [1.29, 1.82) is 0 Å². The zero-order chi connectivity index (χ0) is 24.9. The molecule has 1 fully saturated rings. The predicted molar refractivity (Wildman–Crippen MR) is 148 cm³/mol. The Kier molecular flexibility index (Phi) is 7.58. The highest BCUT2D eigenvalue weighted by molar-refractivity contribution is 7.98. The number of carbonyl (C=O) groups excluding carboxylic acids is 1. The maximum absolute atomic E-state index is 12.7. The summed E-state index contributed by atoms with van der Waals surface area (Å²) in [6.07, 6.45) is 3.81. The van der Waals surface area contributed by atoms with Gasteiger partial charge in [-0.2, -0.15) is 0 Å². The third kappa shape index (κ3) is 5.91. The summed E-state index contributed by atoms with van der Waals surface area (Å²) in [5.41, 5.74) is 5.93. The number of aryl methyl sites for hydroxylation is 1. The van der Waals surface area contributed by atoms with Gasteiger partial charge in [0.15, 0.2) is 0 Å². The van der Waals surface area contributed by atoms with Crippen LogP contribution >= 0.6 is 11.8 Å². The van der Waals surface area contributed by atoms with Crippen molar-refractivity contribution in [3.8, 4) is 0 Å². The molecular formula is C29H33N5OS. The molecule has 0 unspecified atom stereocenters. The first-order valence-corrected chi connectivity index (χ1v) is 13.4. The second kappa shape index (κ2) is 11.2. The molecule has 1 aliphatic rings. The van der Waals surface area contributed by atoms with E-state index in [1.54, 1.807) is 11.8 Å². The SMILES string of the molecule is Cc1ccc(CSc2nccc3c2ccn3CC(=O)NCc2ccc(N3CCN(C)CC3)cc2)cc1. The highest BCUT2D eigenvalue weighted by Gasteiger charge is 2.14. The molecule has 0 spiro atoms. The van der Waals surface area contributed by atoms with E-state index in [4.69, 9.17) is 0 Å². The van der Waals surface area contributed by atoms with Gasteiger partial charge in [0.25, 0.3) is 0 Å². The maximum Gasteiger partial charge on any atom is 0.240 e. The minimum atomic E-state index is 0.00122. The Labute approximate surface area is 217 Å². The molecule has 2 aromatic heterocycles. The summed E-state index contributed by atoms with van der Waals surface area (Å²) in [5.74, 6) is 0.868. The van der Waals surface area contributed by atoms with Crippen LogP contribution in [0.3, 0.4) is 0 Å². The number of rotatable bonds is 8. The molecule has 2 aromatic carbocycles. The molecule has 186 valence electrons. The molecule has 5 rings (SSSR count). The van der Waals surface area contributed by atoms with Crippen molar-refractivity contribution < 1.29 is 4.79 Å². The number of pyridine rings is 1. The molecular weight excluding hydrogens is 466 g/mol. The smallest absolute Gasteiger partial charge is 0.240 e. The number of hydrogen-bond acceptors (Lipinski definition) is 5. The molecule has 0 bridgehead atoms. The molecule has 0 atom stereocenters. The highest BCUT2D eigenvalue weighted by atomic mass is 32.2. The Balaban J connectivity index is 1.16. The van der Waals surface area contributed by atoms with Gasteiger partial charge in [0, 0.05) is 61.9 Å². The van der Waals surface area contributed by atoms with E-state index >= 15 is 0 Å². The molecule has 0 radical (unpaired) electrons. The summed E-state index contributed by atoms with van der Waals surface area (Å²) in [6.45, 7) is 7.21. The lowest BCUT2D eigenvalue weighted by Crippen LogP contribution is -2.44. The second-order valence-corrected chi connectivity index (χ2v) is 10.5. The molecule has 1 amide bonds. The lowest BCUT2D eigenvalue weighted by Gasteiger charge is -2.34. The van der Waals surface area contributed by atoms with Gasteiger partial charge in [-0.15, -0.1) is 11.8 Å². The monoisotopic (exact) mass is 499 g/mol. The quantitative estimate of drug-likeness (QED) is 0.356. The van der Waals surface area contributed by atoms with Gasteiger partial charge < -0.3 is 19.7 Å². The van der Waals surface area contributed by atoms with Crippen LogP contribution in [0, 0.1) is 6.92 Å².